The fourth-order valence-corrected chi connectivity index (χ4v) is 4.21. The smallest absolute Gasteiger partial charge is 0.293 e. The Labute approximate surface area is 181 Å². The lowest BCUT2D eigenvalue weighted by Gasteiger charge is -2.12. The number of rotatable bonds is 7. The molecule has 3 aromatic rings. The van der Waals surface area contributed by atoms with Crippen LogP contribution in [0.3, 0.4) is 0 Å². The summed E-state index contributed by atoms with van der Waals surface area (Å²) in [6.07, 6.45) is 5.61. The number of furan rings is 1. The van der Waals surface area contributed by atoms with Gasteiger partial charge in [-0.05, 0) is 54.1 Å². The van der Waals surface area contributed by atoms with Crippen molar-refractivity contribution in [1.82, 2.24) is 15.2 Å². The molecular formula is C21H18ClN3O4S. The van der Waals surface area contributed by atoms with E-state index in [1.54, 1.807) is 12.1 Å². The van der Waals surface area contributed by atoms with Crippen molar-refractivity contribution in [3.63, 3.8) is 0 Å². The SMILES string of the molecule is O=C(CCN1C(=O)SC(=Cc2ccco2)C1=O)NCCc1c[nH]c2ccc(Cl)cc12. The maximum Gasteiger partial charge on any atom is 0.293 e. The second kappa shape index (κ2) is 8.81. The number of thioether (sulfide) groups is 1. The molecule has 0 aliphatic carbocycles. The molecule has 1 aliphatic rings. The summed E-state index contributed by atoms with van der Waals surface area (Å²) in [6, 6.07) is 9.02. The summed E-state index contributed by atoms with van der Waals surface area (Å²) in [5, 5.41) is 4.13. The van der Waals surface area contributed by atoms with Crippen molar-refractivity contribution in [2.24, 2.45) is 0 Å². The number of halogens is 1. The zero-order valence-electron chi connectivity index (χ0n) is 15.8. The molecule has 1 saturated heterocycles. The first-order valence-electron chi connectivity index (χ1n) is 9.32. The minimum atomic E-state index is -0.412. The van der Waals surface area contributed by atoms with E-state index < -0.39 is 5.91 Å². The van der Waals surface area contributed by atoms with Gasteiger partial charge in [0.25, 0.3) is 11.1 Å². The molecule has 2 N–H and O–H groups in total. The minimum Gasteiger partial charge on any atom is -0.465 e. The molecule has 7 nitrogen and oxygen atoms in total. The number of H-pyrrole nitrogens is 1. The van der Waals surface area contributed by atoms with Gasteiger partial charge in [-0.25, -0.2) is 0 Å². The van der Waals surface area contributed by atoms with Crippen molar-refractivity contribution < 1.29 is 18.8 Å². The van der Waals surface area contributed by atoms with Gasteiger partial charge in [0.15, 0.2) is 0 Å². The third-order valence-corrected chi connectivity index (χ3v) is 5.84. The summed E-state index contributed by atoms with van der Waals surface area (Å²) in [6.45, 7) is 0.479. The summed E-state index contributed by atoms with van der Waals surface area (Å²) in [5.41, 5.74) is 2.05. The predicted molar refractivity (Wildman–Crippen MR) is 116 cm³/mol. The lowest BCUT2D eigenvalue weighted by Crippen LogP contribution is -2.34. The second-order valence-electron chi connectivity index (χ2n) is 6.70. The normalized spacial score (nSPS) is 15.5. The largest absolute Gasteiger partial charge is 0.465 e. The molecule has 1 aliphatic heterocycles. The first-order chi connectivity index (χ1) is 14.5. The van der Waals surface area contributed by atoms with Crippen molar-refractivity contribution in [2.45, 2.75) is 12.8 Å². The Morgan fingerprint density at radius 3 is 2.97 bits per heavy atom. The zero-order chi connectivity index (χ0) is 21.1. The third-order valence-electron chi connectivity index (χ3n) is 4.70. The van der Waals surface area contributed by atoms with Crippen molar-refractivity contribution in [2.75, 3.05) is 13.1 Å². The molecule has 0 atom stereocenters. The molecule has 3 heterocycles. The maximum absolute atomic E-state index is 12.4. The summed E-state index contributed by atoms with van der Waals surface area (Å²) < 4.78 is 5.18. The molecule has 9 heteroatoms. The Morgan fingerprint density at radius 1 is 1.30 bits per heavy atom. The highest BCUT2D eigenvalue weighted by molar-refractivity contribution is 8.18. The Kier molecular flexibility index (Phi) is 5.96. The quantitative estimate of drug-likeness (QED) is 0.533. The lowest BCUT2D eigenvalue weighted by molar-refractivity contribution is -0.124. The number of imide groups is 1. The molecule has 4 rings (SSSR count). The number of aromatic nitrogens is 1. The van der Waals surface area contributed by atoms with Crippen LogP contribution in [0.5, 0.6) is 0 Å². The zero-order valence-corrected chi connectivity index (χ0v) is 17.4. The third kappa shape index (κ3) is 4.44. The van der Waals surface area contributed by atoms with E-state index in [2.05, 4.69) is 10.3 Å². The Balaban J connectivity index is 1.27. The number of nitrogens with zero attached hydrogens (tertiary/aromatic N) is 1. The van der Waals surface area contributed by atoms with Gasteiger partial charge >= 0.3 is 0 Å². The second-order valence-corrected chi connectivity index (χ2v) is 8.13. The van der Waals surface area contributed by atoms with E-state index in [1.165, 1.54) is 12.3 Å². The van der Waals surface area contributed by atoms with Crippen molar-refractivity contribution >= 4 is 57.4 Å². The van der Waals surface area contributed by atoms with Gasteiger partial charge in [-0.15, -0.1) is 0 Å². The van der Waals surface area contributed by atoms with Gasteiger partial charge in [-0.1, -0.05) is 11.6 Å². The summed E-state index contributed by atoms with van der Waals surface area (Å²) in [7, 11) is 0. The van der Waals surface area contributed by atoms with Crippen molar-refractivity contribution in [3.8, 4) is 0 Å². The molecule has 2 aromatic heterocycles. The van der Waals surface area contributed by atoms with E-state index in [4.69, 9.17) is 16.0 Å². The lowest BCUT2D eigenvalue weighted by atomic mass is 10.1. The van der Waals surface area contributed by atoms with Crippen LogP contribution in [0, 0.1) is 0 Å². The van der Waals surface area contributed by atoms with Gasteiger partial charge in [-0.3, -0.25) is 19.3 Å². The summed E-state index contributed by atoms with van der Waals surface area (Å²) in [5.74, 6) is -0.136. The van der Waals surface area contributed by atoms with Crippen LogP contribution in [-0.2, 0) is 16.0 Å². The molecule has 1 aromatic carbocycles. The fourth-order valence-electron chi connectivity index (χ4n) is 3.19. The van der Waals surface area contributed by atoms with Gasteiger partial charge in [0.1, 0.15) is 5.76 Å². The van der Waals surface area contributed by atoms with E-state index in [0.717, 1.165) is 33.1 Å². The predicted octanol–water partition coefficient (Wildman–Crippen LogP) is 4.20. The molecule has 154 valence electrons. The number of benzene rings is 1. The van der Waals surface area contributed by atoms with Crippen LogP contribution in [0.4, 0.5) is 4.79 Å². The molecule has 0 saturated carbocycles. The van der Waals surface area contributed by atoms with E-state index in [1.807, 2.05) is 24.4 Å². The summed E-state index contributed by atoms with van der Waals surface area (Å²) >= 11 is 6.90. The van der Waals surface area contributed by atoms with Gasteiger partial charge < -0.3 is 14.7 Å². The average Bonchev–Trinajstić information content (AvgIpc) is 3.42. The van der Waals surface area contributed by atoms with Crippen molar-refractivity contribution in [3.05, 3.63) is 64.0 Å². The van der Waals surface area contributed by atoms with Crippen molar-refractivity contribution in [1.29, 1.82) is 0 Å². The highest BCUT2D eigenvalue weighted by Crippen LogP contribution is 2.32. The summed E-state index contributed by atoms with van der Waals surface area (Å²) in [4.78, 5) is 41.2. The molecule has 0 radical (unpaired) electrons. The van der Waals surface area contributed by atoms with Crippen LogP contribution in [0.25, 0.3) is 17.0 Å². The highest BCUT2D eigenvalue weighted by Gasteiger charge is 2.35. The van der Waals surface area contributed by atoms with E-state index >= 15 is 0 Å². The minimum absolute atomic E-state index is 0.0364. The average molecular weight is 444 g/mol. The highest BCUT2D eigenvalue weighted by atomic mass is 35.5. The Bertz CT molecular complexity index is 1140. The monoisotopic (exact) mass is 443 g/mol. The first-order valence-corrected chi connectivity index (χ1v) is 10.5. The number of carbonyl (C=O) groups excluding carboxylic acids is 3. The van der Waals surface area contributed by atoms with Gasteiger partial charge in [-0.2, -0.15) is 0 Å². The molecular weight excluding hydrogens is 426 g/mol. The van der Waals surface area contributed by atoms with E-state index in [-0.39, 0.29) is 29.0 Å². The van der Waals surface area contributed by atoms with Gasteiger partial charge in [0.2, 0.25) is 5.91 Å². The van der Waals surface area contributed by atoms with Crippen LogP contribution < -0.4 is 5.32 Å². The number of aromatic amines is 1. The van der Waals surface area contributed by atoms with E-state index in [0.29, 0.717) is 23.7 Å². The Morgan fingerprint density at radius 2 is 2.17 bits per heavy atom. The number of hydrogen-bond donors (Lipinski definition) is 2. The first kappa shape index (κ1) is 20.3. The van der Waals surface area contributed by atoms with Gasteiger partial charge in [0.05, 0.1) is 11.2 Å². The fraction of sp³-hybridized carbons (Fsp3) is 0.190. The maximum atomic E-state index is 12.4. The number of carbonyl (C=O) groups is 3. The molecule has 1 fully saturated rings. The molecule has 3 amide bonds. The molecule has 0 bridgehead atoms. The molecule has 30 heavy (non-hydrogen) atoms. The molecule has 0 unspecified atom stereocenters. The van der Waals surface area contributed by atoms with Crippen LogP contribution in [0.15, 0.2) is 52.1 Å². The number of hydrogen-bond acceptors (Lipinski definition) is 5. The standard InChI is InChI=1S/C21H18ClN3O4S/c22-14-3-4-17-16(10-14)13(12-24-17)5-7-23-19(26)6-8-25-20(27)18(30-21(25)28)11-15-2-1-9-29-15/h1-4,9-12,24H,5-8H2,(H,23,26). The van der Waals surface area contributed by atoms with Crippen LogP contribution in [0.1, 0.15) is 17.7 Å². The van der Waals surface area contributed by atoms with Crippen LogP contribution in [0.2, 0.25) is 5.02 Å². The van der Waals surface area contributed by atoms with Crippen LogP contribution >= 0.6 is 23.4 Å². The van der Waals surface area contributed by atoms with E-state index in [9.17, 15) is 14.4 Å². The molecule has 0 spiro atoms. The number of amides is 3. The van der Waals surface area contributed by atoms with Gasteiger partial charge in [0, 0.05) is 47.7 Å². The number of nitrogens with one attached hydrogen (secondary N) is 2. The topological polar surface area (TPSA) is 95.4 Å². The Hall–Kier alpha value is -2.97. The van der Waals surface area contributed by atoms with Crippen LogP contribution in [-0.4, -0.2) is 40.0 Å². The number of fused-ring (bicyclic) bond motifs is 1.